The zero-order chi connectivity index (χ0) is 19.8. The molecule has 0 N–H and O–H groups in total. The van der Waals surface area contributed by atoms with E-state index in [0.717, 1.165) is 45.5 Å². The van der Waals surface area contributed by atoms with Crippen LogP contribution in [-0.2, 0) is 6.42 Å². The molecule has 7 heteroatoms. The van der Waals surface area contributed by atoms with E-state index in [0.29, 0.717) is 6.42 Å². The molecule has 0 fully saturated rings. The highest BCUT2D eigenvalue weighted by Crippen LogP contribution is 2.31. The first-order chi connectivity index (χ1) is 14.3. The SMILES string of the molecule is COc1cccc(C#Cc2ncn3c2Cc2cnnn2-c2cc(OC)ccc2-3)c1. The van der Waals surface area contributed by atoms with Crippen LogP contribution in [0.15, 0.2) is 55.0 Å². The maximum Gasteiger partial charge on any atom is 0.135 e. The minimum atomic E-state index is 0.617. The van der Waals surface area contributed by atoms with Gasteiger partial charge < -0.3 is 9.47 Å². The third-order valence-corrected chi connectivity index (χ3v) is 4.90. The van der Waals surface area contributed by atoms with Crippen LogP contribution in [-0.4, -0.2) is 38.8 Å². The minimum Gasteiger partial charge on any atom is -0.497 e. The van der Waals surface area contributed by atoms with Crippen molar-refractivity contribution in [1.29, 1.82) is 0 Å². The lowest BCUT2D eigenvalue weighted by Crippen LogP contribution is -2.03. The van der Waals surface area contributed by atoms with Crippen molar-refractivity contribution in [1.82, 2.24) is 24.5 Å². The van der Waals surface area contributed by atoms with Crippen molar-refractivity contribution in [3.63, 3.8) is 0 Å². The summed E-state index contributed by atoms with van der Waals surface area (Å²) in [5, 5.41) is 8.36. The number of aromatic nitrogens is 5. The smallest absolute Gasteiger partial charge is 0.135 e. The summed E-state index contributed by atoms with van der Waals surface area (Å²) in [4.78, 5) is 4.57. The molecule has 1 aliphatic rings. The Morgan fingerprint density at radius 3 is 2.69 bits per heavy atom. The van der Waals surface area contributed by atoms with E-state index in [1.807, 2.05) is 47.1 Å². The largest absolute Gasteiger partial charge is 0.497 e. The van der Waals surface area contributed by atoms with Crippen molar-refractivity contribution in [3.05, 3.63) is 77.6 Å². The van der Waals surface area contributed by atoms with Gasteiger partial charge >= 0.3 is 0 Å². The zero-order valence-corrected chi connectivity index (χ0v) is 16.0. The van der Waals surface area contributed by atoms with E-state index in [1.165, 1.54) is 0 Å². The molecule has 0 radical (unpaired) electrons. The van der Waals surface area contributed by atoms with Gasteiger partial charge in [-0.3, -0.25) is 4.57 Å². The molecule has 0 unspecified atom stereocenters. The van der Waals surface area contributed by atoms with E-state index in [1.54, 1.807) is 26.7 Å². The van der Waals surface area contributed by atoms with Crippen LogP contribution in [0.25, 0.3) is 11.4 Å². The molecule has 29 heavy (non-hydrogen) atoms. The molecule has 0 bridgehead atoms. The molecule has 4 aromatic rings. The Labute approximate surface area is 167 Å². The van der Waals surface area contributed by atoms with Crippen LogP contribution in [0, 0.1) is 11.8 Å². The van der Waals surface area contributed by atoms with E-state index in [4.69, 9.17) is 9.47 Å². The fourth-order valence-electron chi connectivity index (χ4n) is 3.44. The van der Waals surface area contributed by atoms with Crippen molar-refractivity contribution in [2.24, 2.45) is 0 Å². The summed E-state index contributed by atoms with van der Waals surface area (Å²) in [7, 11) is 3.29. The summed E-state index contributed by atoms with van der Waals surface area (Å²) < 4.78 is 14.6. The van der Waals surface area contributed by atoms with E-state index >= 15 is 0 Å². The highest BCUT2D eigenvalue weighted by atomic mass is 16.5. The monoisotopic (exact) mass is 383 g/mol. The Morgan fingerprint density at radius 2 is 1.83 bits per heavy atom. The van der Waals surface area contributed by atoms with E-state index in [-0.39, 0.29) is 0 Å². The van der Waals surface area contributed by atoms with Crippen LogP contribution < -0.4 is 9.47 Å². The lowest BCUT2D eigenvalue weighted by Gasteiger charge is -2.11. The number of hydrogen-bond donors (Lipinski definition) is 0. The third kappa shape index (κ3) is 2.91. The summed E-state index contributed by atoms with van der Waals surface area (Å²) >= 11 is 0. The summed E-state index contributed by atoms with van der Waals surface area (Å²) in [6.07, 6.45) is 4.19. The average molecular weight is 383 g/mol. The Hall–Kier alpha value is -4.05. The molecule has 3 heterocycles. The first-order valence-electron chi connectivity index (χ1n) is 9.07. The topological polar surface area (TPSA) is 67.0 Å². The highest BCUT2D eigenvalue weighted by Gasteiger charge is 2.23. The standard InChI is InChI=1S/C22H17N5O2/c1-28-17-5-3-4-15(10-17)6-8-19-21-11-16-13-24-25-27(16)22-12-18(29-2)7-9-20(22)26(21)14-23-19/h3-5,7,9-10,12-14H,11H2,1-2H3. The lowest BCUT2D eigenvalue weighted by atomic mass is 10.1. The molecule has 0 saturated carbocycles. The van der Waals surface area contributed by atoms with Gasteiger partial charge in [0.05, 0.1) is 43.2 Å². The molecule has 5 rings (SSSR count). The number of fused-ring (bicyclic) bond motifs is 5. The van der Waals surface area contributed by atoms with Gasteiger partial charge in [-0.25, -0.2) is 9.67 Å². The quantitative estimate of drug-likeness (QED) is 0.439. The fourth-order valence-corrected chi connectivity index (χ4v) is 3.44. The maximum absolute atomic E-state index is 5.39. The Kier molecular flexibility index (Phi) is 4.03. The van der Waals surface area contributed by atoms with Gasteiger partial charge in [0.15, 0.2) is 0 Å². The molecule has 142 valence electrons. The molecule has 1 aliphatic heterocycles. The van der Waals surface area contributed by atoms with Gasteiger partial charge in [0.1, 0.15) is 23.5 Å². The number of nitrogens with zero attached hydrogens (tertiary/aromatic N) is 5. The summed E-state index contributed by atoms with van der Waals surface area (Å²) in [5.74, 6) is 7.93. The summed E-state index contributed by atoms with van der Waals surface area (Å²) in [6.45, 7) is 0. The molecule has 7 nitrogen and oxygen atoms in total. The third-order valence-electron chi connectivity index (χ3n) is 4.90. The van der Waals surface area contributed by atoms with Crippen molar-refractivity contribution in [2.75, 3.05) is 14.2 Å². The average Bonchev–Trinajstić information content (AvgIpc) is 3.37. The maximum atomic E-state index is 5.39. The predicted molar refractivity (Wildman–Crippen MR) is 107 cm³/mol. The zero-order valence-electron chi connectivity index (χ0n) is 16.0. The molecular weight excluding hydrogens is 366 g/mol. The first-order valence-corrected chi connectivity index (χ1v) is 9.07. The van der Waals surface area contributed by atoms with Crippen molar-refractivity contribution in [3.8, 4) is 34.7 Å². The van der Waals surface area contributed by atoms with Crippen molar-refractivity contribution in [2.45, 2.75) is 6.42 Å². The van der Waals surface area contributed by atoms with E-state index < -0.39 is 0 Å². The molecule has 0 aliphatic carbocycles. The van der Waals surface area contributed by atoms with Gasteiger partial charge in [-0.05, 0) is 36.3 Å². The number of ether oxygens (including phenoxy) is 2. The van der Waals surface area contributed by atoms with Crippen LogP contribution >= 0.6 is 0 Å². The van der Waals surface area contributed by atoms with Crippen LogP contribution in [0.3, 0.4) is 0 Å². The van der Waals surface area contributed by atoms with E-state index in [2.05, 4.69) is 31.7 Å². The number of hydrogen-bond acceptors (Lipinski definition) is 5. The number of methoxy groups -OCH3 is 2. The second-order valence-electron chi connectivity index (χ2n) is 6.56. The van der Waals surface area contributed by atoms with Gasteiger partial charge in [0.25, 0.3) is 0 Å². The van der Waals surface area contributed by atoms with Gasteiger partial charge in [-0.15, -0.1) is 5.10 Å². The summed E-state index contributed by atoms with van der Waals surface area (Å²) in [5.41, 5.74) is 5.39. The Bertz CT molecular complexity index is 1280. The molecule has 2 aromatic heterocycles. The molecule has 0 atom stereocenters. The van der Waals surface area contributed by atoms with Crippen LogP contribution in [0.5, 0.6) is 11.5 Å². The van der Waals surface area contributed by atoms with Gasteiger partial charge in [-0.1, -0.05) is 17.2 Å². The van der Waals surface area contributed by atoms with Gasteiger partial charge in [0, 0.05) is 18.1 Å². The molecule has 0 amide bonds. The van der Waals surface area contributed by atoms with Crippen LogP contribution in [0.1, 0.15) is 22.6 Å². The van der Waals surface area contributed by atoms with Gasteiger partial charge in [-0.2, -0.15) is 0 Å². The number of rotatable bonds is 2. The van der Waals surface area contributed by atoms with Crippen LogP contribution in [0.2, 0.25) is 0 Å². The highest BCUT2D eigenvalue weighted by molar-refractivity contribution is 5.59. The molecule has 0 saturated heterocycles. The Balaban J connectivity index is 1.63. The minimum absolute atomic E-state index is 0.617. The van der Waals surface area contributed by atoms with E-state index in [9.17, 15) is 0 Å². The predicted octanol–water partition coefficient (Wildman–Crippen LogP) is 2.77. The first kappa shape index (κ1) is 17.1. The van der Waals surface area contributed by atoms with Crippen molar-refractivity contribution < 1.29 is 9.47 Å². The molecular formula is C22H17N5O2. The van der Waals surface area contributed by atoms with Crippen molar-refractivity contribution >= 4 is 0 Å². The number of benzene rings is 2. The molecule has 0 spiro atoms. The second-order valence-corrected chi connectivity index (χ2v) is 6.56. The van der Waals surface area contributed by atoms with Crippen LogP contribution in [0.4, 0.5) is 0 Å². The Morgan fingerprint density at radius 1 is 0.966 bits per heavy atom. The second kappa shape index (κ2) is 6.84. The number of imidazole rings is 1. The molecule has 2 aromatic carbocycles. The summed E-state index contributed by atoms with van der Waals surface area (Å²) in [6, 6.07) is 13.5. The fraction of sp³-hybridized carbons (Fsp3) is 0.136. The van der Waals surface area contributed by atoms with Gasteiger partial charge in [0.2, 0.25) is 0 Å². The normalized spacial score (nSPS) is 11.4. The lowest BCUT2D eigenvalue weighted by molar-refractivity contribution is 0.414.